The van der Waals surface area contributed by atoms with Crippen LogP contribution in [0.15, 0.2) is 48.6 Å². The number of hydrogen-bond acceptors (Lipinski definition) is 7. The van der Waals surface area contributed by atoms with Crippen LogP contribution in [0, 0.1) is 11.8 Å². The third kappa shape index (κ3) is 36.8. The second-order valence-electron chi connectivity index (χ2n) is 15.6. The maximum absolute atomic E-state index is 12.2. The smallest absolute Gasteiger partial charge is 0.306 e. The van der Waals surface area contributed by atoms with Crippen molar-refractivity contribution in [3.63, 3.8) is 0 Å². The van der Waals surface area contributed by atoms with Crippen molar-refractivity contribution < 1.29 is 43.9 Å². The minimum absolute atomic E-state index is 0.318. The van der Waals surface area contributed by atoms with Gasteiger partial charge in [0, 0.05) is 39.3 Å². The van der Waals surface area contributed by atoms with Crippen LogP contribution in [-0.4, -0.2) is 72.4 Å². The van der Waals surface area contributed by atoms with Gasteiger partial charge in [-0.1, -0.05) is 102 Å². The summed E-state index contributed by atoms with van der Waals surface area (Å²) in [6.45, 7) is 10.7. The van der Waals surface area contributed by atoms with Crippen LogP contribution in [0.2, 0.25) is 0 Å². The Balaban J connectivity index is 4.81. The average Bonchev–Trinajstić information content (AvgIpc) is 3.20. The van der Waals surface area contributed by atoms with Crippen molar-refractivity contribution in [3.8, 4) is 0 Å². The maximum atomic E-state index is 12.2. The van der Waals surface area contributed by atoms with Gasteiger partial charge in [0.05, 0.1) is 17.9 Å². The Kier molecular flexibility index (Phi) is 41.1. The summed E-state index contributed by atoms with van der Waals surface area (Å²) >= 11 is 0. The van der Waals surface area contributed by atoms with Gasteiger partial charge in [0.2, 0.25) is 0 Å². The first-order valence-corrected chi connectivity index (χ1v) is 23.5. The third-order valence-corrected chi connectivity index (χ3v) is 10.2. The van der Waals surface area contributed by atoms with Crippen LogP contribution in [0.25, 0.3) is 0 Å². The summed E-state index contributed by atoms with van der Waals surface area (Å²) < 4.78 is 24.3. The molecule has 3 N–H and O–H groups in total. The zero-order chi connectivity index (χ0) is 42.7. The van der Waals surface area contributed by atoms with Gasteiger partial charge in [-0.05, 0) is 128 Å². The fraction of sp³-hybridized carbons (Fsp3) is 0.796. The highest BCUT2D eigenvalue weighted by Crippen LogP contribution is 2.23. The Morgan fingerprint density at radius 3 is 0.948 bits per heavy atom. The lowest BCUT2D eigenvalue weighted by Gasteiger charge is -2.23. The SMILES string of the molecule is CC/C=C\CCCCOC(CC(CCCCC(O)CCCCC(CC(OCCCC/C=C\CC)OCCCC/C=C\CC)C(=O)O)C(=O)O)OCCCC/C=C\CC. The van der Waals surface area contributed by atoms with Gasteiger partial charge < -0.3 is 34.3 Å². The van der Waals surface area contributed by atoms with Crippen LogP contribution < -0.4 is 0 Å². The van der Waals surface area contributed by atoms with Crippen LogP contribution in [0.3, 0.4) is 0 Å². The number of carboxylic acids is 2. The molecule has 9 heteroatoms. The predicted octanol–water partition coefficient (Wildman–Crippen LogP) is 12.9. The van der Waals surface area contributed by atoms with Gasteiger partial charge in [-0.2, -0.15) is 0 Å². The molecule has 0 aromatic rings. The van der Waals surface area contributed by atoms with E-state index in [2.05, 4.69) is 76.3 Å². The molecular formula is C49H88O9. The average molecular weight is 821 g/mol. The lowest BCUT2D eigenvalue weighted by atomic mass is 9.95. The van der Waals surface area contributed by atoms with E-state index in [0.717, 1.165) is 116 Å². The molecule has 0 aromatic carbocycles. The first-order valence-electron chi connectivity index (χ1n) is 23.5. The summed E-state index contributed by atoms with van der Waals surface area (Å²) in [5, 5.41) is 30.8. The Hall–Kier alpha value is -2.30. The molecule has 58 heavy (non-hydrogen) atoms. The number of allylic oxidation sites excluding steroid dienone is 8. The molecule has 0 spiro atoms. The van der Waals surface area contributed by atoms with Crippen LogP contribution in [0.4, 0.5) is 0 Å². The van der Waals surface area contributed by atoms with Gasteiger partial charge in [-0.25, -0.2) is 0 Å². The molecule has 0 radical (unpaired) electrons. The first-order chi connectivity index (χ1) is 28.3. The van der Waals surface area contributed by atoms with Gasteiger partial charge in [-0.3, -0.25) is 9.59 Å². The van der Waals surface area contributed by atoms with E-state index in [-0.39, 0.29) is 0 Å². The lowest BCUT2D eigenvalue weighted by Crippen LogP contribution is -2.26. The molecule has 0 rings (SSSR count). The summed E-state index contributed by atoms with van der Waals surface area (Å²) in [6, 6.07) is 0. The standard InChI is InChI=1S/C49H88O9/c1-5-9-13-17-21-29-37-55-46(56-38-30-22-18-14-10-6-2)41-43(48(51)52)33-25-27-35-45(50)36-28-26-34-44(49(53)54)42-47(57-39-31-23-19-15-11-7-3)58-40-32-24-20-16-12-8-4/h9-16,43-47,50H,5-8,17-42H2,1-4H3,(H,51,52)(H,53,54)/b13-9-,14-10-,15-11-,16-12-. The Morgan fingerprint density at radius 2 is 0.690 bits per heavy atom. The number of aliphatic hydroxyl groups excluding tert-OH is 1. The van der Waals surface area contributed by atoms with Crippen molar-refractivity contribution in [1.82, 2.24) is 0 Å². The van der Waals surface area contributed by atoms with Crippen LogP contribution in [-0.2, 0) is 28.5 Å². The van der Waals surface area contributed by atoms with E-state index in [0.29, 0.717) is 77.8 Å². The van der Waals surface area contributed by atoms with Gasteiger partial charge in [0.1, 0.15) is 0 Å². The molecule has 0 amide bonds. The summed E-state index contributed by atoms with van der Waals surface area (Å²) in [5.74, 6) is -2.81. The van der Waals surface area contributed by atoms with E-state index in [1.807, 2.05) is 0 Å². The highest BCUT2D eigenvalue weighted by atomic mass is 16.7. The lowest BCUT2D eigenvalue weighted by molar-refractivity contribution is -0.165. The molecule has 0 aromatic heterocycles. The van der Waals surface area contributed by atoms with Gasteiger partial charge in [0.25, 0.3) is 0 Å². The zero-order valence-electron chi connectivity index (χ0n) is 37.5. The maximum Gasteiger partial charge on any atom is 0.306 e. The molecule has 0 bridgehead atoms. The molecule has 2 atom stereocenters. The van der Waals surface area contributed by atoms with Crippen molar-refractivity contribution in [2.24, 2.45) is 11.8 Å². The number of hydrogen-bond donors (Lipinski definition) is 3. The number of ether oxygens (including phenoxy) is 4. The van der Waals surface area contributed by atoms with Gasteiger partial charge >= 0.3 is 11.9 Å². The number of carbonyl (C=O) groups is 2. The molecule has 0 fully saturated rings. The highest BCUT2D eigenvalue weighted by molar-refractivity contribution is 5.70. The number of unbranched alkanes of at least 4 members (excludes halogenated alkanes) is 10. The molecule has 9 nitrogen and oxygen atoms in total. The van der Waals surface area contributed by atoms with E-state index >= 15 is 0 Å². The molecule has 0 aliphatic heterocycles. The van der Waals surface area contributed by atoms with Crippen molar-refractivity contribution >= 4 is 11.9 Å². The normalized spacial score (nSPS) is 14.0. The number of aliphatic carboxylic acids is 2. The topological polar surface area (TPSA) is 132 Å². The van der Waals surface area contributed by atoms with Crippen molar-refractivity contribution in [3.05, 3.63) is 48.6 Å². The summed E-state index contributed by atoms with van der Waals surface area (Å²) in [4.78, 5) is 24.5. The molecule has 0 saturated heterocycles. The second kappa shape index (κ2) is 42.8. The quantitative estimate of drug-likeness (QED) is 0.0312. The van der Waals surface area contributed by atoms with E-state index in [1.165, 1.54) is 0 Å². The molecule has 0 heterocycles. The van der Waals surface area contributed by atoms with E-state index in [4.69, 9.17) is 18.9 Å². The van der Waals surface area contributed by atoms with Crippen LogP contribution in [0.5, 0.6) is 0 Å². The monoisotopic (exact) mass is 821 g/mol. The summed E-state index contributed by atoms with van der Waals surface area (Å²) in [7, 11) is 0. The van der Waals surface area contributed by atoms with Crippen molar-refractivity contribution in [2.75, 3.05) is 26.4 Å². The third-order valence-electron chi connectivity index (χ3n) is 10.2. The molecule has 2 unspecified atom stereocenters. The molecule has 0 aliphatic carbocycles. The van der Waals surface area contributed by atoms with Crippen LogP contribution >= 0.6 is 0 Å². The fourth-order valence-electron chi connectivity index (χ4n) is 6.66. The number of carboxylic acid groups (broad SMARTS) is 2. The Labute approximate surface area is 355 Å². The fourth-order valence-corrected chi connectivity index (χ4v) is 6.66. The number of rotatable bonds is 44. The van der Waals surface area contributed by atoms with E-state index in [1.54, 1.807) is 0 Å². The van der Waals surface area contributed by atoms with Crippen LogP contribution in [0.1, 0.15) is 195 Å². The second-order valence-corrected chi connectivity index (χ2v) is 15.6. The summed E-state index contributed by atoms with van der Waals surface area (Å²) in [6.07, 6.45) is 37.5. The van der Waals surface area contributed by atoms with Crippen molar-refractivity contribution in [2.45, 2.75) is 213 Å². The van der Waals surface area contributed by atoms with Gasteiger partial charge in [0.15, 0.2) is 12.6 Å². The number of aliphatic hydroxyl groups is 1. The molecule has 0 aliphatic rings. The Morgan fingerprint density at radius 1 is 0.414 bits per heavy atom. The van der Waals surface area contributed by atoms with E-state index in [9.17, 15) is 24.9 Å². The minimum atomic E-state index is -0.835. The zero-order valence-corrected chi connectivity index (χ0v) is 37.5. The predicted molar refractivity (Wildman–Crippen MR) is 239 cm³/mol. The van der Waals surface area contributed by atoms with E-state index < -0.39 is 42.5 Å². The summed E-state index contributed by atoms with van der Waals surface area (Å²) in [5.41, 5.74) is 0. The van der Waals surface area contributed by atoms with Gasteiger partial charge in [-0.15, -0.1) is 0 Å². The molecular weight excluding hydrogens is 733 g/mol. The molecule has 338 valence electrons. The largest absolute Gasteiger partial charge is 0.481 e. The highest BCUT2D eigenvalue weighted by Gasteiger charge is 2.25. The minimum Gasteiger partial charge on any atom is -0.481 e. The van der Waals surface area contributed by atoms with Crippen molar-refractivity contribution in [1.29, 1.82) is 0 Å². The Bertz CT molecular complexity index is 911. The first kappa shape index (κ1) is 55.7. The molecule has 0 saturated carbocycles.